The van der Waals surface area contributed by atoms with E-state index in [1.807, 2.05) is 0 Å². The van der Waals surface area contributed by atoms with Crippen molar-refractivity contribution in [3.63, 3.8) is 0 Å². The molecular weight excluding hydrogens is 208 g/mol. The summed E-state index contributed by atoms with van der Waals surface area (Å²) in [5, 5.41) is 2.94. The Morgan fingerprint density at radius 2 is 2.18 bits per heavy atom. The normalized spacial score (nSPS) is 11.2. The lowest BCUT2D eigenvalue weighted by atomic mass is 10.1. The lowest BCUT2D eigenvalue weighted by molar-refractivity contribution is -0.123. The Kier molecular flexibility index (Phi) is 3.75. The van der Waals surface area contributed by atoms with Gasteiger partial charge in [0.25, 0.3) is 0 Å². The van der Waals surface area contributed by atoms with Crippen LogP contribution in [-0.4, -0.2) is 18.0 Å². The van der Waals surface area contributed by atoms with Crippen LogP contribution in [0.1, 0.15) is 13.8 Å². The topological polar surface area (TPSA) is 55.1 Å². The third-order valence-electron chi connectivity index (χ3n) is 1.34. The number of amides is 1. The van der Waals surface area contributed by atoms with E-state index in [2.05, 4.69) is 27.8 Å². The molecule has 0 aliphatic rings. The van der Waals surface area contributed by atoms with Crippen molar-refractivity contribution >= 4 is 21.8 Å². The Bertz CT molecular complexity index is 177. The largest absolute Gasteiger partial charge is 0.368 e. The Morgan fingerprint density at radius 1 is 1.73 bits per heavy atom. The summed E-state index contributed by atoms with van der Waals surface area (Å²) in [4.78, 5) is 10.7. The number of hydrogen-bond donors (Lipinski definition) is 2. The molecule has 3 N–H and O–H groups in total. The van der Waals surface area contributed by atoms with Crippen molar-refractivity contribution in [3.8, 4) is 0 Å². The first kappa shape index (κ1) is 10.7. The number of hydrogen-bond acceptors (Lipinski definition) is 2. The molecule has 0 bridgehead atoms. The zero-order valence-electron chi connectivity index (χ0n) is 6.78. The number of nitrogens with one attached hydrogen (secondary N) is 1. The van der Waals surface area contributed by atoms with E-state index in [0.717, 1.165) is 4.48 Å². The standard InChI is InChI=1S/C7H13BrN2O/c1-5(8)4-10-7(2,3)6(9)11/h10H,1,4H2,2-3H3,(H2,9,11). The Labute approximate surface area is 75.2 Å². The third kappa shape index (κ3) is 4.16. The molecule has 11 heavy (non-hydrogen) atoms. The van der Waals surface area contributed by atoms with Crippen molar-refractivity contribution in [3.05, 3.63) is 11.1 Å². The molecule has 0 heterocycles. The second kappa shape index (κ2) is 3.88. The number of carbonyl (C=O) groups excluding carboxylic acids is 1. The molecule has 3 nitrogen and oxygen atoms in total. The zero-order chi connectivity index (χ0) is 9.07. The van der Waals surface area contributed by atoms with Gasteiger partial charge in [-0.15, -0.1) is 0 Å². The van der Waals surface area contributed by atoms with Crippen molar-refractivity contribution in [1.82, 2.24) is 5.32 Å². The lowest BCUT2D eigenvalue weighted by Crippen LogP contribution is -2.50. The molecule has 0 aliphatic heterocycles. The van der Waals surface area contributed by atoms with E-state index < -0.39 is 5.54 Å². The molecule has 0 aliphatic carbocycles. The summed E-state index contributed by atoms with van der Waals surface area (Å²) in [7, 11) is 0. The van der Waals surface area contributed by atoms with E-state index in [0.29, 0.717) is 6.54 Å². The second-order valence-electron chi connectivity index (χ2n) is 2.86. The van der Waals surface area contributed by atoms with Crippen LogP contribution < -0.4 is 11.1 Å². The smallest absolute Gasteiger partial charge is 0.237 e. The maximum atomic E-state index is 10.7. The van der Waals surface area contributed by atoms with Crippen LogP contribution in [0.15, 0.2) is 11.1 Å². The van der Waals surface area contributed by atoms with Crippen LogP contribution >= 0.6 is 15.9 Å². The van der Waals surface area contributed by atoms with Gasteiger partial charge in [-0.3, -0.25) is 10.1 Å². The molecule has 0 unspecified atom stereocenters. The van der Waals surface area contributed by atoms with Crippen molar-refractivity contribution in [1.29, 1.82) is 0 Å². The number of nitrogens with two attached hydrogens (primary N) is 1. The number of halogens is 1. The van der Waals surface area contributed by atoms with Gasteiger partial charge in [-0.2, -0.15) is 0 Å². The summed E-state index contributed by atoms with van der Waals surface area (Å²) in [5.41, 5.74) is 4.44. The zero-order valence-corrected chi connectivity index (χ0v) is 8.36. The fraction of sp³-hybridized carbons (Fsp3) is 0.571. The van der Waals surface area contributed by atoms with Crippen molar-refractivity contribution in [2.45, 2.75) is 19.4 Å². The minimum Gasteiger partial charge on any atom is -0.368 e. The van der Waals surface area contributed by atoms with E-state index in [-0.39, 0.29) is 5.91 Å². The molecule has 0 spiro atoms. The molecule has 0 aromatic carbocycles. The molecule has 0 saturated heterocycles. The van der Waals surface area contributed by atoms with Gasteiger partial charge in [-0.1, -0.05) is 22.5 Å². The SMILES string of the molecule is C=C(Br)CNC(C)(C)C(N)=O. The highest BCUT2D eigenvalue weighted by molar-refractivity contribution is 9.11. The minimum atomic E-state index is -0.670. The highest BCUT2D eigenvalue weighted by Gasteiger charge is 2.23. The molecule has 64 valence electrons. The first-order valence-corrected chi connectivity index (χ1v) is 4.04. The fourth-order valence-electron chi connectivity index (χ4n) is 0.404. The van der Waals surface area contributed by atoms with Gasteiger partial charge in [0.1, 0.15) is 0 Å². The molecule has 1 amide bonds. The maximum absolute atomic E-state index is 10.7. The van der Waals surface area contributed by atoms with Crippen LogP contribution in [0.4, 0.5) is 0 Å². The van der Waals surface area contributed by atoms with Crippen LogP contribution in [0.25, 0.3) is 0 Å². The van der Waals surface area contributed by atoms with Crippen LogP contribution in [0.5, 0.6) is 0 Å². The summed E-state index contributed by atoms with van der Waals surface area (Å²) < 4.78 is 0.798. The van der Waals surface area contributed by atoms with Crippen LogP contribution in [0.3, 0.4) is 0 Å². The molecule has 0 saturated carbocycles. The first-order valence-electron chi connectivity index (χ1n) is 3.24. The molecular formula is C7H13BrN2O. The summed E-state index contributed by atoms with van der Waals surface area (Å²) in [6.07, 6.45) is 0. The van der Waals surface area contributed by atoms with Crippen LogP contribution in [-0.2, 0) is 4.79 Å². The molecule has 0 fully saturated rings. The predicted molar refractivity (Wildman–Crippen MR) is 49.3 cm³/mol. The summed E-state index contributed by atoms with van der Waals surface area (Å²) in [5.74, 6) is -0.369. The quantitative estimate of drug-likeness (QED) is 0.735. The highest BCUT2D eigenvalue weighted by atomic mass is 79.9. The summed E-state index contributed by atoms with van der Waals surface area (Å²) >= 11 is 3.17. The van der Waals surface area contributed by atoms with Crippen molar-refractivity contribution < 1.29 is 4.79 Å². The van der Waals surface area contributed by atoms with Gasteiger partial charge < -0.3 is 5.73 Å². The summed E-state index contributed by atoms with van der Waals surface area (Å²) in [6.45, 7) is 7.61. The maximum Gasteiger partial charge on any atom is 0.237 e. The van der Waals surface area contributed by atoms with Crippen molar-refractivity contribution in [2.24, 2.45) is 5.73 Å². The summed E-state index contributed by atoms with van der Waals surface area (Å²) in [6, 6.07) is 0. The second-order valence-corrected chi connectivity index (χ2v) is 3.98. The average molecular weight is 221 g/mol. The van der Waals surface area contributed by atoms with Gasteiger partial charge in [0.05, 0.1) is 5.54 Å². The van der Waals surface area contributed by atoms with Crippen LogP contribution in [0, 0.1) is 0 Å². The van der Waals surface area contributed by atoms with Crippen LogP contribution in [0.2, 0.25) is 0 Å². The first-order chi connectivity index (χ1) is 4.86. The third-order valence-corrected chi connectivity index (χ3v) is 1.62. The molecule has 0 aromatic heterocycles. The van der Waals surface area contributed by atoms with E-state index in [1.54, 1.807) is 13.8 Å². The van der Waals surface area contributed by atoms with Gasteiger partial charge >= 0.3 is 0 Å². The van der Waals surface area contributed by atoms with Gasteiger partial charge in [0, 0.05) is 11.0 Å². The predicted octanol–water partition coefficient (Wildman–Crippen LogP) is 0.748. The van der Waals surface area contributed by atoms with Gasteiger partial charge in [-0.25, -0.2) is 0 Å². The molecule has 0 rings (SSSR count). The Hall–Kier alpha value is -0.350. The van der Waals surface area contributed by atoms with Gasteiger partial charge in [-0.05, 0) is 13.8 Å². The van der Waals surface area contributed by atoms with E-state index in [4.69, 9.17) is 5.73 Å². The Morgan fingerprint density at radius 3 is 2.45 bits per heavy atom. The van der Waals surface area contributed by atoms with E-state index in [9.17, 15) is 4.79 Å². The molecule has 0 aromatic rings. The van der Waals surface area contributed by atoms with Crippen molar-refractivity contribution in [2.75, 3.05) is 6.54 Å². The fourth-order valence-corrected chi connectivity index (χ4v) is 0.544. The van der Waals surface area contributed by atoms with E-state index in [1.165, 1.54) is 0 Å². The lowest BCUT2D eigenvalue weighted by Gasteiger charge is -2.21. The van der Waals surface area contributed by atoms with Gasteiger partial charge in [0.2, 0.25) is 5.91 Å². The van der Waals surface area contributed by atoms with Gasteiger partial charge in [0.15, 0.2) is 0 Å². The molecule has 0 radical (unpaired) electrons. The monoisotopic (exact) mass is 220 g/mol. The minimum absolute atomic E-state index is 0.369. The highest BCUT2D eigenvalue weighted by Crippen LogP contribution is 2.04. The average Bonchev–Trinajstić information content (AvgIpc) is 1.84. The molecule has 4 heteroatoms. The molecule has 0 atom stereocenters. The number of carbonyl (C=O) groups is 1. The Balaban J connectivity index is 3.92. The number of rotatable bonds is 4. The van der Waals surface area contributed by atoms with E-state index >= 15 is 0 Å². The number of primary amides is 1.